The summed E-state index contributed by atoms with van der Waals surface area (Å²) in [5.74, 6) is 0. The van der Waals surface area contributed by atoms with Crippen LogP contribution in [-0.2, 0) is 6.54 Å². The van der Waals surface area contributed by atoms with Crippen molar-refractivity contribution in [3.8, 4) is 5.69 Å². The van der Waals surface area contributed by atoms with Crippen LogP contribution in [0.15, 0.2) is 36.7 Å². The van der Waals surface area contributed by atoms with E-state index >= 15 is 0 Å². The highest BCUT2D eigenvalue weighted by Crippen LogP contribution is 2.25. The number of benzene rings is 1. The molecule has 2 aliphatic rings. The normalized spacial score (nSPS) is 23.3. The summed E-state index contributed by atoms with van der Waals surface area (Å²) in [7, 11) is 0. The van der Waals surface area contributed by atoms with Crippen molar-refractivity contribution in [2.45, 2.75) is 44.8 Å². The number of hydrogen-bond donors (Lipinski definition) is 0. The zero-order chi connectivity index (χ0) is 16.5. The van der Waals surface area contributed by atoms with E-state index in [0.717, 1.165) is 29.3 Å². The highest BCUT2D eigenvalue weighted by atomic mass is 35.5. The van der Waals surface area contributed by atoms with Gasteiger partial charge < -0.3 is 0 Å². The van der Waals surface area contributed by atoms with Gasteiger partial charge in [0.1, 0.15) is 0 Å². The van der Waals surface area contributed by atoms with Crippen molar-refractivity contribution in [1.29, 1.82) is 0 Å². The molecule has 1 aromatic heterocycles. The van der Waals surface area contributed by atoms with Gasteiger partial charge in [0, 0.05) is 48.5 Å². The van der Waals surface area contributed by atoms with E-state index in [0.29, 0.717) is 0 Å². The lowest BCUT2D eigenvalue weighted by Gasteiger charge is -2.49. The summed E-state index contributed by atoms with van der Waals surface area (Å²) in [6.07, 6.45) is 8.24. The summed E-state index contributed by atoms with van der Waals surface area (Å²) in [6.45, 7) is 7.05. The van der Waals surface area contributed by atoms with Crippen LogP contribution in [0, 0.1) is 0 Å². The number of aromatic nitrogens is 2. The highest BCUT2D eigenvalue weighted by Gasteiger charge is 2.34. The minimum Gasteiger partial charge on any atom is -0.296 e. The largest absolute Gasteiger partial charge is 0.296 e. The van der Waals surface area contributed by atoms with Crippen LogP contribution in [0.2, 0.25) is 5.02 Å². The molecule has 0 unspecified atom stereocenters. The van der Waals surface area contributed by atoms with E-state index in [-0.39, 0.29) is 0 Å². The average Bonchev–Trinajstić information content (AvgIpc) is 3.01. The highest BCUT2D eigenvalue weighted by molar-refractivity contribution is 6.30. The van der Waals surface area contributed by atoms with E-state index in [1.807, 2.05) is 35.1 Å². The lowest BCUT2D eigenvalue weighted by atomic mass is 9.97. The summed E-state index contributed by atoms with van der Waals surface area (Å²) in [6, 6.07) is 9.31. The molecule has 5 heteroatoms. The Kier molecular flexibility index (Phi) is 4.61. The minimum absolute atomic E-state index is 0.754. The second-order valence-electron chi connectivity index (χ2n) is 7.20. The molecule has 0 N–H and O–H groups in total. The van der Waals surface area contributed by atoms with Gasteiger partial charge in [0.15, 0.2) is 0 Å². The first-order valence-electron chi connectivity index (χ1n) is 8.96. The fraction of sp³-hybridized carbons (Fsp3) is 0.526. The molecule has 24 heavy (non-hydrogen) atoms. The minimum atomic E-state index is 0.754. The first-order chi connectivity index (χ1) is 11.7. The standard InChI is InChI=1S/C19H25ClN4/c1-15-4-2-3-9-23(15)19-13-22(14-19)11-16-10-21-24(12-16)18-7-5-17(20)6-8-18/h5-8,10,12,15,19H,2-4,9,11,13-14H2,1H3/t15-/m1/s1. The van der Waals surface area contributed by atoms with Crippen LogP contribution in [0.25, 0.3) is 5.69 Å². The maximum Gasteiger partial charge on any atom is 0.0646 e. The predicted octanol–water partition coefficient (Wildman–Crippen LogP) is 3.58. The van der Waals surface area contributed by atoms with Crippen molar-refractivity contribution in [3.05, 3.63) is 47.2 Å². The van der Waals surface area contributed by atoms with E-state index in [1.54, 1.807) is 0 Å². The van der Waals surface area contributed by atoms with Gasteiger partial charge in [-0.05, 0) is 50.6 Å². The van der Waals surface area contributed by atoms with E-state index < -0.39 is 0 Å². The Morgan fingerprint density at radius 2 is 1.96 bits per heavy atom. The number of nitrogens with zero attached hydrogens (tertiary/aromatic N) is 4. The molecule has 4 rings (SSSR count). The van der Waals surface area contributed by atoms with Crippen LogP contribution in [0.5, 0.6) is 0 Å². The maximum absolute atomic E-state index is 5.95. The van der Waals surface area contributed by atoms with Crippen LogP contribution in [0.3, 0.4) is 0 Å². The zero-order valence-electron chi connectivity index (χ0n) is 14.2. The van der Waals surface area contributed by atoms with Gasteiger partial charge >= 0.3 is 0 Å². The second-order valence-corrected chi connectivity index (χ2v) is 7.64. The molecule has 1 atom stereocenters. The van der Waals surface area contributed by atoms with Gasteiger partial charge in [0.25, 0.3) is 0 Å². The number of rotatable bonds is 4. The van der Waals surface area contributed by atoms with Gasteiger partial charge in [-0.2, -0.15) is 5.10 Å². The van der Waals surface area contributed by atoms with Crippen molar-refractivity contribution in [1.82, 2.24) is 19.6 Å². The molecule has 2 aromatic rings. The molecule has 3 heterocycles. The topological polar surface area (TPSA) is 24.3 Å². The number of hydrogen-bond acceptors (Lipinski definition) is 3. The molecule has 2 fully saturated rings. The van der Waals surface area contributed by atoms with Gasteiger partial charge in [-0.3, -0.25) is 9.80 Å². The van der Waals surface area contributed by atoms with Crippen molar-refractivity contribution >= 4 is 11.6 Å². The molecule has 0 amide bonds. The second kappa shape index (κ2) is 6.87. The molecule has 0 saturated carbocycles. The van der Waals surface area contributed by atoms with E-state index in [1.165, 1.54) is 44.5 Å². The smallest absolute Gasteiger partial charge is 0.0646 e. The van der Waals surface area contributed by atoms with Crippen molar-refractivity contribution in [3.63, 3.8) is 0 Å². The first-order valence-corrected chi connectivity index (χ1v) is 9.34. The third kappa shape index (κ3) is 3.37. The molecule has 128 valence electrons. The Hall–Kier alpha value is -1.36. The molecule has 0 radical (unpaired) electrons. The molecule has 0 aliphatic carbocycles. The fourth-order valence-electron chi connectivity index (χ4n) is 3.98. The molecule has 2 aliphatic heterocycles. The van der Waals surface area contributed by atoms with Gasteiger partial charge in [-0.15, -0.1) is 0 Å². The van der Waals surface area contributed by atoms with Crippen LogP contribution in [0.1, 0.15) is 31.7 Å². The average molecular weight is 345 g/mol. The molecule has 0 spiro atoms. The molecule has 4 nitrogen and oxygen atoms in total. The van der Waals surface area contributed by atoms with E-state index in [4.69, 9.17) is 11.6 Å². The van der Waals surface area contributed by atoms with Crippen LogP contribution in [0.4, 0.5) is 0 Å². The van der Waals surface area contributed by atoms with E-state index in [9.17, 15) is 0 Å². The van der Waals surface area contributed by atoms with Gasteiger partial charge in [-0.25, -0.2) is 4.68 Å². The molecular formula is C19H25ClN4. The third-order valence-corrected chi connectivity index (χ3v) is 5.65. The predicted molar refractivity (Wildman–Crippen MR) is 97.7 cm³/mol. The Morgan fingerprint density at radius 3 is 2.71 bits per heavy atom. The number of piperidine rings is 1. The van der Waals surface area contributed by atoms with Crippen molar-refractivity contribution in [2.24, 2.45) is 0 Å². The van der Waals surface area contributed by atoms with E-state index in [2.05, 4.69) is 28.0 Å². The molecular weight excluding hydrogens is 320 g/mol. The van der Waals surface area contributed by atoms with Crippen molar-refractivity contribution in [2.75, 3.05) is 19.6 Å². The summed E-state index contributed by atoms with van der Waals surface area (Å²) in [4.78, 5) is 5.24. The van der Waals surface area contributed by atoms with Crippen LogP contribution >= 0.6 is 11.6 Å². The zero-order valence-corrected chi connectivity index (χ0v) is 15.0. The Balaban J connectivity index is 1.32. The lowest BCUT2D eigenvalue weighted by molar-refractivity contribution is -0.00620. The number of halogens is 1. The summed E-state index contributed by atoms with van der Waals surface area (Å²) in [5.41, 5.74) is 2.32. The Bertz CT molecular complexity index is 675. The van der Waals surface area contributed by atoms with Gasteiger partial charge in [-0.1, -0.05) is 18.0 Å². The third-order valence-electron chi connectivity index (χ3n) is 5.39. The molecule has 0 bridgehead atoms. The first kappa shape index (κ1) is 16.1. The summed E-state index contributed by atoms with van der Waals surface area (Å²) < 4.78 is 1.93. The van der Waals surface area contributed by atoms with Crippen molar-refractivity contribution < 1.29 is 0 Å². The fourth-order valence-corrected chi connectivity index (χ4v) is 4.11. The van der Waals surface area contributed by atoms with Gasteiger partial charge in [0.05, 0.1) is 11.9 Å². The Labute approximate surface area is 149 Å². The van der Waals surface area contributed by atoms with Crippen LogP contribution < -0.4 is 0 Å². The molecule has 1 aromatic carbocycles. The monoisotopic (exact) mass is 344 g/mol. The summed E-state index contributed by atoms with van der Waals surface area (Å²) >= 11 is 5.95. The Morgan fingerprint density at radius 1 is 1.17 bits per heavy atom. The molecule has 2 saturated heterocycles. The lowest BCUT2D eigenvalue weighted by Crippen LogP contribution is -2.61. The van der Waals surface area contributed by atoms with Gasteiger partial charge in [0.2, 0.25) is 0 Å². The quantitative estimate of drug-likeness (QED) is 0.847. The summed E-state index contributed by atoms with van der Waals surface area (Å²) in [5, 5.41) is 5.24. The van der Waals surface area contributed by atoms with Crippen LogP contribution in [-0.4, -0.2) is 51.3 Å². The number of likely N-dealkylation sites (tertiary alicyclic amines) is 2. The SMILES string of the molecule is C[C@@H]1CCCCN1C1CN(Cc2cnn(-c3ccc(Cl)cc3)c2)C1. The maximum atomic E-state index is 5.95.